The van der Waals surface area contributed by atoms with Gasteiger partial charge in [-0.1, -0.05) is 17.7 Å². The van der Waals surface area contributed by atoms with E-state index in [4.69, 9.17) is 0 Å². The quantitative estimate of drug-likeness (QED) is 0.677. The Morgan fingerprint density at radius 2 is 1.83 bits per heavy atom. The predicted molar refractivity (Wildman–Crippen MR) is 87.2 cm³/mol. The van der Waals surface area contributed by atoms with Gasteiger partial charge in [-0.2, -0.15) is 13.2 Å². The van der Waals surface area contributed by atoms with Crippen molar-refractivity contribution in [3.8, 4) is 0 Å². The molecule has 1 amide bonds. The van der Waals surface area contributed by atoms with Crippen molar-refractivity contribution in [2.24, 2.45) is 0 Å². The molecule has 0 radical (unpaired) electrons. The van der Waals surface area contributed by atoms with Gasteiger partial charge in [0.25, 0.3) is 5.91 Å². The number of aryl methyl sites for hydroxylation is 2. The van der Waals surface area contributed by atoms with E-state index in [1.165, 1.54) is 12.1 Å². The Labute approximate surface area is 136 Å². The average Bonchev–Trinajstić information content (AvgIpc) is 2.84. The monoisotopic (exact) mass is 332 g/mol. The Bertz CT molecular complexity index is 926. The molecule has 3 nitrogen and oxygen atoms in total. The van der Waals surface area contributed by atoms with Crippen molar-refractivity contribution in [2.75, 3.05) is 5.32 Å². The summed E-state index contributed by atoms with van der Waals surface area (Å²) < 4.78 is 38.3. The van der Waals surface area contributed by atoms with Crippen LogP contribution < -0.4 is 5.32 Å². The van der Waals surface area contributed by atoms with E-state index in [9.17, 15) is 18.0 Å². The second-order valence-electron chi connectivity index (χ2n) is 5.71. The number of alkyl halides is 3. The van der Waals surface area contributed by atoms with Crippen molar-refractivity contribution in [2.45, 2.75) is 20.0 Å². The summed E-state index contributed by atoms with van der Waals surface area (Å²) in [5, 5.41) is 3.44. The highest BCUT2D eigenvalue weighted by molar-refractivity contribution is 6.07. The summed E-state index contributed by atoms with van der Waals surface area (Å²) >= 11 is 0. The highest BCUT2D eigenvalue weighted by Crippen LogP contribution is 2.31. The number of halogens is 3. The van der Waals surface area contributed by atoms with Gasteiger partial charge in [0.2, 0.25) is 0 Å². The van der Waals surface area contributed by atoms with Gasteiger partial charge in [-0.05, 0) is 49.7 Å². The first-order valence-electron chi connectivity index (χ1n) is 7.33. The molecule has 1 heterocycles. The van der Waals surface area contributed by atoms with Gasteiger partial charge in [0.1, 0.15) is 5.69 Å². The maximum atomic E-state index is 12.8. The Balaban J connectivity index is 1.92. The van der Waals surface area contributed by atoms with Gasteiger partial charge in [-0.3, -0.25) is 4.79 Å². The van der Waals surface area contributed by atoms with E-state index in [-0.39, 0.29) is 5.69 Å². The zero-order valence-electron chi connectivity index (χ0n) is 13.1. The second kappa shape index (κ2) is 5.70. The summed E-state index contributed by atoms with van der Waals surface area (Å²) in [4.78, 5) is 15.4. The molecule has 0 aliphatic rings. The summed E-state index contributed by atoms with van der Waals surface area (Å²) in [5.74, 6) is -0.472. The highest BCUT2D eigenvalue weighted by atomic mass is 19.4. The normalized spacial score (nSPS) is 11.7. The number of carbonyl (C=O) groups excluding carboxylic acids is 1. The van der Waals surface area contributed by atoms with Gasteiger partial charge in [0, 0.05) is 16.6 Å². The maximum absolute atomic E-state index is 12.8. The number of rotatable bonds is 2. The molecule has 0 saturated carbocycles. The molecule has 6 heteroatoms. The zero-order chi connectivity index (χ0) is 17.5. The number of carbonyl (C=O) groups is 1. The minimum Gasteiger partial charge on any atom is -0.350 e. The molecule has 0 aliphatic heterocycles. The molecular weight excluding hydrogens is 317 g/mol. The largest absolute Gasteiger partial charge is 0.416 e. The third-order valence-electron chi connectivity index (χ3n) is 3.89. The van der Waals surface area contributed by atoms with Gasteiger partial charge in [0.05, 0.1) is 5.56 Å². The van der Waals surface area contributed by atoms with E-state index in [2.05, 4.69) is 10.3 Å². The lowest BCUT2D eigenvalue weighted by atomic mass is 10.1. The molecule has 0 atom stereocenters. The third kappa shape index (κ3) is 2.99. The number of anilines is 1. The van der Waals surface area contributed by atoms with E-state index in [1.54, 1.807) is 6.92 Å². The zero-order valence-corrected chi connectivity index (χ0v) is 13.1. The predicted octanol–water partition coefficient (Wildman–Crippen LogP) is 5.06. The van der Waals surface area contributed by atoms with Crippen molar-refractivity contribution in [3.05, 3.63) is 64.8 Å². The fourth-order valence-electron chi connectivity index (χ4n) is 2.63. The molecule has 0 spiro atoms. The first-order valence-corrected chi connectivity index (χ1v) is 7.33. The number of benzene rings is 2. The van der Waals surface area contributed by atoms with Crippen LogP contribution in [0.2, 0.25) is 0 Å². The molecule has 0 saturated heterocycles. The van der Waals surface area contributed by atoms with Crippen LogP contribution in [0.5, 0.6) is 0 Å². The van der Waals surface area contributed by atoms with Crippen LogP contribution >= 0.6 is 0 Å². The summed E-state index contributed by atoms with van der Waals surface area (Å²) in [6, 6.07) is 10.3. The van der Waals surface area contributed by atoms with Gasteiger partial charge in [-0.25, -0.2) is 0 Å². The molecule has 124 valence electrons. The second-order valence-corrected chi connectivity index (χ2v) is 5.71. The molecular formula is C18H15F3N2O. The molecule has 1 aromatic heterocycles. The lowest BCUT2D eigenvalue weighted by Crippen LogP contribution is -2.14. The van der Waals surface area contributed by atoms with E-state index in [0.717, 1.165) is 34.2 Å². The first-order chi connectivity index (χ1) is 11.3. The van der Waals surface area contributed by atoms with Crippen LogP contribution in [0.25, 0.3) is 10.9 Å². The lowest BCUT2D eigenvalue weighted by Gasteiger charge is -2.09. The minimum absolute atomic E-state index is 0.101. The van der Waals surface area contributed by atoms with Crippen molar-refractivity contribution in [1.82, 2.24) is 4.98 Å². The van der Waals surface area contributed by atoms with Crippen LogP contribution in [-0.4, -0.2) is 10.9 Å². The molecule has 2 aromatic carbocycles. The molecule has 0 unspecified atom stereocenters. The molecule has 0 fully saturated rings. The topological polar surface area (TPSA) is 44.9 Å². The molecule has 0 aliphatic carbocycles. The van der Waals surface area contributed by atoms with E-state index in [0.29, 0.717) is 5.69 Å². The first kappa shape index (κ1) is 16.1. The van der Waals surface area contributed by atoms with Crippen LogP contribution in [0.4, 0.5) is 18.9 Å². The number of fused-ring (bicyclic) bond motifs is 1. The fraction of sp³-hybridized carbons (Fsp3) is 0.167. The Morgan fingerprint density at radius 1 is 1.08 bits per heavy atom. The Morgan fingerprint density at radius 3 is 2.54 bits per heavy atom. The molecule has 24 heavy (non-hydrogen) atoms. The number of nitrogens with one attached hydrogen (secondary N) is 2. The molecule has 3 aromatic rings. The standard InChI is InChI=1S/C18H15F3N2O/c1-10-6-7-15-14(8-10)11(2)16(23-15)17(24)22-13-5-3-4-12(9-13)18(19,20)21/h3-9,23H,1-2H3,(H,22,24). The van der Waals surface area contributed by atoms with Crippen LogP contribution in [-0.2, 0) is 6.18 Å². The van der Waals surface area contributed by atoms with Crippen LogP contribution in [0, 0.1) is 13.8 Å². The number of amides is 1. The average molecular weight is 332 g/mol. The van der Waals surface area contributed by atoms with Crippen molar-refractivity contribution in [1.29, 1.82) is 0 Å². The van der Waals surface area contributed by atoms with E-state index in [1.807, 2.05) is 25.1 Å². The maximum Gasteiger partial charge on any atom is 0.416 e. The summed E-state index contributed by atoms with van der Waals surface area (Å²) in [6.45, 7) is 3.76. The van der Waals surface area contributed by atoms with Crippen molar-refractivity contribution in [3.63, 3.8) is 0 Å². The number of aromatic nitrogens is 1. The lowest BCUT2D eigenvalue weighted by molar-refractivity contribution is -0.137. The van der Waals surface area contributed by atoms with E-state index < -0.39 is 17.6 Å². The van der Waals surface area contributed by atoms with Crippen molar-refractivity contribution >= 4 is 22.5 Å². The van der Waals surface area contributed by atoms with Gasteiger partial charge < -0.3 is 10.3 Å². The smallest absolute Gasteiger partial charge is 0.350 e. The SMILES string of the molecule is Cc1ccc2[nH]c(C(=O)Nc3cccc(C(F)(F)F)c3)c(C)c2c1. The van der Waals surface area contributed by atoms with Gasteiger partial charge >= 0.3 is 6.18 Å². The number of hydrogen-bond donors (Lipinski definition) is 2. The fourth-order valence-corrected chi connectivity index (χ4v) is 2.63. The van der Waals surface area contributed by atoms with Gasteiger partial charge in [0.15, 0.2) is 0 Å². The van der Waals surface area contributed by atoms with Crippen LogP contribution in [0.1, 0.15) is 27.2 Å². The van der Waals surface area contributed by atoms with Crippen LogP contribution in [0.3, 0.4) is 0 Å². The number of hydrogen-bond acceptors (Lipinski definition) is 1. The summed E-state index contributed by atoms with van der Waals surface area (Å²) in [7, 11) is 0. The molecule has 0 bridgehead atoms. The van der Waals surface area contributed by atoms with Gasteiger partial charge in [-0.15, -0.1) is 0 Å². The Hall–Kier alpha value is -2.76. The van der Waals surface area contributed by atoms with Crippen molar-refractivity contribution < 1.29 is 18.0 Å². The van der Waals surface area contributed by atoms with E-state index >= 15 is 0 Å². The van der Waals surface area contributed by atoms with Crippen LogP contribution in [0.15, 0.2) is 42.5 Å². The summed E-state index contributed by atoms with van der Waals surface area (Å²) in [6.07, 6.45) is -4.45. The summed E-state index contributed by atoms with van der Waals surface area (Å²) in [5.41, 5.74) is 2.28. The minimum atomic E-state index is -4.45. The molecule has 3 rings (SSSR count). The highest BCUT2D eigenvalue weighted by Gasteiger charge is 2.30. The third-order valence-corrected chi connectivity index (χ3v) is 3.89. The number of aromatic amines is 1. The number of H-pyrrole nitrogens is 1. The Kier molecular flexibility index (Phi) is 3.83. The molecule has 2 N–H and O–H groups in total.